The maximum Gasteiger partial charge on any atom is 0.133 e. The van der Waals surface area contributed by atoms with Gasteiger partial charge in [0.15, 0.2) is 0 Å². The highest BCUT2D eigenvalue weighted by molar-refractivity contribution is 6.31. The quantitative estimate of drug-likeness (QED) is 0.485. The molecule has 1 aliphatic rings. The van der Waals surface area contributed by atoms with E-state index in [0.717, 1.165) is 39.9 Å². The van der Waals surface area contributed by atoms with Gasteiger partial charge in [0.2, 0.25) is 0 Å². The SMILES string of the molecule is COc1ccc2c(c1)C(c1ccc(C)o1)c1c(Cl)cccc1O2. The molecule has 0 saturated heterocycles. The lowest BCUT2D eigenvalue weighted by Gasteiger charge is -2.28. The molecule has 2 heterocycles. The summed E-state index contributed by atoms with van der Waals surface area (Å²) in [6, 6.07) is 15.4. The minimum absolute atomic E-state index is 0.119. The highest BCUT2D eigenvalue weighted by atomic mass is 35.5. The van der Waals surface area contributed by atoms with Crippen LogP contribution in [0.3, 0.4) is 0 Å². The van der Waals surface area contributed by atoms with Gasteiger partial charge in [-0.3, -0.25) is 0 Å². The van der Waals surface area contributed by atoms with Crippen LogP contribution in [0.4, 0.5) is 0 Å². The Balaban J connectivity index is 1.99. The van der Waals surface area contributed by atoms with Gasteiger partial charge < -0.3 is 13.9 Å². The van der Waals surface area contributed by atoms with E-state index < -0.39 is 0 Å². The number of ether oxygens (including phenoxy) is 2. The molecule has 0 amide bonds. The maximum absolute atomic E-state index is 6.48. The van der Waals surface area contributed by atoms with Gasteiger partial charge in [-0.15, -0.1) is 0 Å². The lowest BCUT2D eigenvalue weighted by molar-refractivity contribution is 0.404. The molecule has 1 aromatic heterocycles. The molecule has 1 aliphatic heterocycles. The van der Waals surface area contributed by atoms with Crippen molar-refractivity contribution in [3.05, 3.63) is 76.2 Å². The van der Waals surface area contributed by atoms with Gasteiger partial charge in [0, 0.05) is 16.1 Å². The van der Waals surface area contributed by atoms with Crippen LogP contribution in [0.2, 0.25) is 5.02 Å². The van der Waals surface area contributed by atoms with E-state index in [9.17, 15) is 0 Å². The van der Waals surface area contributed by atoms with Crippen molar-refractivity contribution in [3.8, 4) is 17.2 Å². The second-order valence-electron chi connectivity index (χ2n) is 5.54. The summed E-state index contributed by atoms with van der Waals surface area (Å²) in [5.41, 5.74) is 1.91. The number of aryl methyl sites for hydroxylation is 1. The van der Waals surface area contributed by atoms with Crippen LogP contribution in [0.25, 0.3) is 0 Å². The van der Waals surface area contributed by atoms with Crippen LogP contribution in [-0.2, 0) is 0 Å². The van der Waals surface area contributed by atoms with Crippen LogP contribution in [0.1, 0.15) is 28.6 Å². The van der Waals surface area contributed by atoms with Gasteiger partial charge >= 0.3 is 0 Å². The summed E-state index contributed by atoms with van der Waals surface area (Å²) in [4.78, 5) is 0. The van der Waals surface area contributed by atoms with Gasteiger partial charge in [-0.05, 0) is 49.4 Å². The Morgan fingerprint density at radius 1 is 1.04 bits per heavy atom. The van der Waals surface area contributed by atoms with Crippen molar-refractivity contribution in [3.63, 3.8) is 0 Å². The van der Waals surface area contributed by atoms with Crippen molar-refractivity contribution in [2.75, 3.05) is 7.11 Å². The summed E-state index contributed by atoms with van der Waals surface area (Å²) in [5.74, 6) is 3.91. The van der Waals surface area contributed by atoms with E-state index in [2.05, 4.69) is 0 Å². The number of halogens is 1. The average Bonchev–Trinajstić information content (AvgIpc) is 2.98. The molecule has 1 atom stereocenters. The summed E-state index contributed by atoms with van der Waals surface area (Å²) in [6.45, 7) is 1.93. The molecule has 0 fully saturated rings. The van der Waals surface area contributed by atoms with Crippen molar-refractivity contribution in [1.82, 2.24) is 0 Å². The molecule has 0 aliphatic carbocycles. The molecule has 0 spiro atoms. The Bertz CT molecular complexity index is 882. The Labute approximate surface area is 139 Å². The molecule has 0 N–H and O–H groups in total. The van der Waals surface area contributed by atoms with Crippen LogP contribution in [-0.4, -0.2) is 7.11 Å². The molecule has 2 aromatic carbocycles. The number of hydrogen-bond acceptors (Lipinski definition) is 3. The monoisotopic (exact) mass is 326 g/mol. The number of rotatable bonds is 2. The fourth-order valence-electron chi connectivity index (χ4n) is 3.04. The smallest absolute Gasteiger partial charge is 0.133 e. The molecular weight excluding hydrogens is 312 g/mol. The first-order valence-electron chi connectivity index (χ1n) is 7.38. The second kappa shape index (κ2) is 5.36. The lowest BCUT2D eigenvalue weighted by atomic mass is 9.86. The molecule has 1 unspecified atom stereocenters. The van der Waals surface area contributed by atoms with E-state index in [-0.39, 0.29) is 5.92 Å². The van der Waals surface area contributed by atoms with Crippen LogP contribution in [0, 0.1) is 6.92 Å². The van der Waals surface area contributed by atoms with E-state index in [0.29, 0.717) is 5.02 Å². The van der Waals surface area contributed by atoms with E-state index >= 15 is 0 Å². The number of furan rings is 1. The van der Waals surface area contributed by atoms with Gasteiger partial charge in [-0.1, -0.05) is 17.7 Å². The van der Waals surface area contributed by atoms with Gasteiger partial charge in [-0.25, -0.2) is 0 Å². The fraction of sp³-hybridized carbons (Fsp3) is 0.158. The number of hydrogen-bond donors (Lipinski definition) is 0. The predicted octanol–water partition coefficient (Wildman–Crippen LogP) is 5.54. The fourth-order valence-corrected chi connectivity index (χ4v) is 3.31. The molecule has 4 heteroatoms. The topological polar surface area (TPSA) is 31.6 Å². The molecule has 4 rings (SSSR count). The Kier molecular flexibility index (Phi) is 3.31. The van der Waals surface area contributed by atoms with Crippen molar-refractivity contribution in [2.45, 2.75) is 12.8 Å². The first kappa shape index (κ1) is 14.2. The standard InChI is InChI=1S/C19H15ClO3/c1-11-6-8-17(22-11)18-13-10-12(21-2)7-9-15(13)23-16-5-3-4-14(20)19(16)18/h3-10,18H,1-2H3. The first-order chi connectivity index (χ1) is 11.2. The Morgan fingerprint density at radius 2 is 1.91 bits per heavy atom. The third-order valence-electron chi connectivity index (χ3n) is 4.10. The zero-order valence-electron chi connectivity index (χ0n) is 12.8. The van der Waals surface area contributed by atoms with Crippen LogP contribution in [0.15, 0.2) is 52.9 Å². The summed E-state index contributed by atoms with van der Waals surface area (Å²) in [5, 5.41) is 0.662. The number of methoxy groups -OCH3 is 1. The van der Waals surface area contributed by atoms with E-state index in [1.807, 2.05) is 55.5 Å². The molecule has 0 saturated carbocycles. The summed E-state index contributed by atoms with van der Waals surface area (Å²) in [6.07, 6.45) is 0. The van der Waals surface area contributed by atoms with Crippen molar-refractivity contribution >= 4 is 11.6 Å². The second-order valence-corrected chi connectivity index (χ2v) is 5.95. The van der Waals surface area contributed by atoms with E-state index in [1.54, 1.807) is 7.11 Å². The number of fused-ring (bicyclic) bond motifs is 2. The predicted molar refractivity (Wildman–Crippen MR) is 88.9 cm³/mol. The molecule has 0 radical (unpaired) electrons. The van der Waals surface area contributed by atoms with E-state index in [4.69, 9.17) is 25.5 Å². The van der Waals surface area contributed by atoms with Gasteiger partial charge in [0.25, 0.3) is 0 Å². The largest absolute Gasteiger partial charge is 0.497 e. The first-order valence-corrected chi connectivity index (χ1v) is 7.75. The Morgan fingerprint density at radius 3 is 2.65 bits per heavy atom. The highest BCUT2D eigenvalue weighted by Gasteiger charge is 2.33. The molecule has 116 valence electrons. The normalized spacial score (nSPS) is 15.5. The summed E-state index contributed by atoms with van der Waals surface area (Å²) < 4.78 is 17.3. The molecular formula is C19H15ClO3. The average molecular weight is 327 g/mol. The Hall–Kier alpha value is -2.39. The summed E-state index contributed by atoms with van der Waals surface area (Å²) >= 11 is 6.48. The van der Waals surface area contributed by atoms with Gasteiger partial charge in [0.05, 0.1) is 13.0 Å². The van der Waals surface area contributed by atoms with Crippen molar-refractivity contribution in [2.24, 2.45) is 0 Å². The highest BCUT2D eigenvalue weighted by Crippen LogP contribution is 2.50. The zero-order chi connectivity index (χ0) is 16.0. The molecule has 23 heavy (non-hydrogen) atoms. The maximum atomic E-state index is 6.48. The van der Waals surface area contributed by atoms with Crippen LogP contribution >= 0.6 is 11.6 Å². The number of benzene rings is 2. The zero-order valence-corrected chi connectivity index (χ0v) is 13.6. The third kappa shape index (κ3) is 2.28. The minimum Gasteiger partial charge on any atom is -0.497 e. The molecule has 0 bridgehead atoms. The minimum atomic E-state index is -0.119. The van der Waals surface area contributed by atoms with Gasteiger partial charge in [-0.2, -0.15) is 0 Å². The summed E-state index contributed by atoms with van der Waals surface area (Å²) in [7, 11) is 1.65. The van der Waals surface area contributed by atoms with Crippen molar-refractivity contribution in [1.29, 1.82) is 0 Å². The van der Waals surface area contributed by atoms with Crippen LogP contribution < -0.4 is 9.47 Å². The van der Waals surface area contributed by atoms with Crippen LogP contribution in [0.5, 0.6) is 17.2 Å². The molecule has 3 aromatic rings. The lowest BCUT2D eigenvalue weighted by Crippen LogP contribution is -2.12. The molecule has 3 nitrogen and oxygen atoms in total. The third-order valence-corrected chi connectivity index (χ3v) is 4.42. The van der Waals surface area contributed by atoms with E-state index in [1.165, 1.54) is 0 Å². The van der Waals surface area contributed by atoms with Gasteiger partial charge in [0.1, 0.15) is 28.8 Å². The van der Waals surface area contributed by atoms with Crippen molar-refractivity contribution < 1.29 is 13.9 Å².